The Bertz CT molecular complexity index is 304. The quantitative estimate of drug-likeness (QED) is 0.819. The Morgan fingerprint density at radius 1 is 1.60 bits per heavy atom. The van der Waals surface area contributed by atoms with Crippen LogP contribution in [0.15, 0.2) is 17.5 Å². The van der Waals surface area contributed by atoms with Crippen LogP contribution in [-0.4, -0.2) is 25.0 Å². The third-order valence-corrected chi connectivity index (χ3v) is 3.53. The minimum atomic E-state index is 0.0531. The second kappa shape index (κ2) is 5.28. The van der Waals surface area contributed by atoms with Crippen LogP contribution in [0.1, 0.15) is 28.9 Å². The topological polar surface area (TPSA) is 41.1 Å². The normalized spacial score (nSPS) is 21.2. The molecule has 2 N–H and O–H groups in total. The van der Waals surface area contributed by atoms with Crippen molar-refractivity contribution in [1.82, 2.24) is 10.6 Å². The molecule has 15 heavy (non-hydrogen) atoms. The van der Waals surface area contributed by atoms with E-state index in [0.717, 1.165) is 18.0 Å². The van der Waals surface area contributed by atoms with E-state index in [9.17, 15) is 4.79 Å². The third-order valence-electron chi connectivity index (χ3n) is 2.67. The molecule has 1 saturated heterocycles. The van der Waals surface area contributed by atoms with Crippen molar-refractivity contribution >= 4 is 17.2 Å². The Morgan fingerprint density at radius 2 is 2.53 bits per heavy atom. The zero-order chi connectivity index (χ0) is 10.5. The molecule has 1 atom stereocenters. The monoisotopic (exact) mass is 224 g/mol. The Labute approximate surface area is 93.9 Å². The van der Waals surface area contributed by atoms with Gasteiger partial charge in [0.25, 0.3) is 5.91 Å². The van der Waals surface area contributed by atoms with Crippen LogP contribution in [-0.2, 0) is 0 Å². The van der Waals surface area contributed by atoms with Crippen LogP contribution < -0.4 is 10.6 Å². The minimum absolute atomic E-state index is 0.0531. The van der Waals surface area contributed by atoms with Crippen LogP contribution in [0.3, 0.4) is 0 Å². The Kier molecular flexibility index (Phi) is 3.75. The molecule has 0 unspecified atom stereocenters. The molecule has 1 fully saturated rings. The molecule has 0 radical (unpaired) electrons. The first-order valence-electron chi connectivity index (χ1n) is 5.41. The fourth-order valence-electron chi connectivity index (χ4n) is 1.81. The Morgan fingerprint density at radius 3 is 3.20 bits per heavy atom. The average Bonchev–Trinajstić information content (AvgIpc) is 2.81. The Hall–Kier alpha value is -0.870. The van der Waals surface area contributed by atoms with Gasteiger partial charge in [-0.05, 0) is 30.8 Å². The van der Waals surface area contributed by atoms with Gasteiger partial charge in [0.15, 0.2) is 0 Å². The third kappa shape index (κ3) is 3.04. The maximum Gasteiger partial charge on any atom is 0.261 e. The van der Waals surface area contributed by atoms with Crippen LogP contribution in [0.2, 0.25) is 0 Å². The van der Waals surface area contributed by atoms with Gasteiger partial charge in [0, 0.05) is 12.6 Å². The predicted molar refractivity (Wildman–Crippen MR) is 62.3 cm³/mol. The smallest absolute Gasteiger partial charge is 0.261 e. The SMILES string of the molecule is O=C(NC[C@@H]1CCCCN1)c1cccs1. The molecule has 2 heterocycles. The summed E-state index contributed by atoms with van der Waals surface area (Å²) < 4.78 is 0. The summed E-state index contributed by atoms with van der Waals surface area (Å²) in [5.41, 5.74) is 0. The van der Waals surface area contributed by atoms with E-state index in [1.165, 1.54) is 30.6 Å². The van der Waals surface area contributed by atoms with E-state index in [-0.39, 0.29) is 5.91 Å². The summed E-state index contributed by atoms with van der Waals surface area (Å²) in [5, 5.41) is 8.30. The number of carbonyl (C=O) groups is 1. The highest BCUT2D eigenvalue weighted by atomic mass is 32.1. The number of rotatable bonds is 3. The lowest BCUT2D eigenvalue weighted by Crippen LogP contribution is -2.43. The van der Waals surface area contributed by atoms with Crippen molar-refractivity contribution < 1.29 is 4.79 Å². The zero-order valence-electron chi connectivity index (χ0n) is 8.66. The molecule has 1 amide bonds. The van der Waals surface area contributed by atoms with Gasteiger partial charge in [-0.15, -0.1) is 11.3 Å². The minimum Gasteiger partial charge on any atom is -0.350 e. The highest BCUT2D eigenvalue weighted by Crippen LogP contribution is 2.09. The summed E-state index contributed by atoms with van der Waals surface area (Å²) in [6, 6.07) is 4.22. The van der Waals surface area contributed by atoms with E-state index in [2.05, 4.69) is 10.6 Å². The van der Waals surface area contributed by atoms with E-state index in [4.69, 9.17) is 0 Å². The lowest BCUT2D eigenvalue weighted by Gasteiger charge is -2.23. The van der Waals surface area contributed by atoms with E-state index in [1.54, 1.807) is 0 Å². The fraction of sp³-hybridized carbons (Fsp3) is 0.545. The predicted octanol–water partition coefficient (Wildman–Crippen LogP) is 1.62. The fourth-order valence-corrected chi connectivity index (χ4v) is 2.45. The Balaban J connectivity index is 1.75. The first-order chi connectivity index (χ1) is 7.36. The summed E-state index contributed by atoms with van der Waals surface area (Å²) in [4.78, 5) is 12.4. The first-order valence-corrected chi connectivity index (χ1v) is 6.29. The molecule has 0 aromatic carbocycles. The van der Waals surface area contributed by atoms with Gasteiger partial charge in [0.2, 0.25) is 0 Å². The summed E-state index contributed by atoms with van der Waals surface area (Å²) >= 11 is 1.49. The number of amides is 1. The molecule has 2 rings (SSSR count). The van der Waals surface area contributed by atoms with Gasteiger partial charge in [0.05, 0.1) is 4.88 Å². The van der Waals surface area contributed by atoms with Crippen LogP contribution in [0, 0.1) is 0 Å². The number of thiophene rings is 1. The highest BCUT2D eigenvalue weighted by molar-refractivity contribution is 7.12. The number of piperidine rings is 1. The lowest BCUT2D eigenvalue weighted by molar-refractivity contribution is 0.0952. The molecule has 0 saturated carbocycles. The number of nitrogens with one attached hydrogen (secondary N) is 2. The molecule has 4 heteroatoms. The summed E-state index contributed by atoms with van der Waals surface area (Å²) in [5.74, 6) is 0.0531. The van der Waals surface area contributed by atoms with Crippen molar-refractivity contribution in [2.24, 2.45) is 0 Å². The van der Waals surface area contributed by atoms with Crippen molar-refractivity contribution in [3.05, 3.63) is 22.4 Å². The summed E-state index contributed by atoms with van der Waals surface area (Å²) in [6.45, 7) is 1.83. The molecular weight excluding hydrogens is 208 g/mol. The summed E-state index contributed by atoms with van der Waals surface area (Å²) in [7, 11) is 0. The molecule has 1 aromatic heterocycles. The molecule has 1 aliphatic heterocycles. The van der Waals surface area contributed by atoms with E-state index in [1.807, 2.05) is 17.5 Å². The van der Waals surface area contributed by atoms with Crippen LogP contribution in [0.5, 0.6) is 0 Å². The van der Waals surface area contributed by atoms with Crippen molar-refractivity contribution in [3.63, 3.8) is 0 Å². The maximum atomic E-state index is 11.6. The average molecular weight is 224 g/mol. The second-order valence-corrected chi connectivity index (χ2v) is 4.78. The van der Waals surface area contributed by atoms with Crippen molar-refractivity contribution in [2.45, 2.75) is 25.3 Å². The molecule has 82 valence electrons. The van der Waals surface area contributed by atoms with Crippen LogP contribution in [0.25, 0.3) is 0 Å². The van der Waals surface area contributed by atoms with Gasteiger partial charge in [-0.1, -0.05) is 12.5 Å². The van der Waals surface area contributed by atoms with Crippen LogP contribution >= 0.6 is 11.3 Å². The van der Waals surface area contributed by atoms with E-state index in [0.29, 0.717) is 6.04 Å². The van der Waals surface area contributed by atoms with Crippen molar-refractivity contribution in [1.29, 1.82) is 0 Å². The van der Waals surface area contributed by atoms with Gasteiger partial charge in [-0.3, -0.25) is 4.79 Å². The van der Waals surface area contributed by atoms with E-state index < -0.39 is 0 Å². The standard InChI is InChI=1S/C11H16N2OS/c14-11(10-5-3-7-15-10)13-8-9-4-1-2-6-12-9/h3,5,7,9,12H,1-2,4,6,8H2,(H,13,14)/t9-/m0/s1. The van der Waals surface area contributed by atoms with Gasteiger partial charge in [-0.25, -0.2) is 0 Å². The summed E-state index contributed by atoms with van der Waals surface area (Å²) in [6.07, 6.45) is 3.70. The van der Waals surface area contributed by atoms with E-state index >= 15 is 0 Å². The van der Waals surface area contributed by atoms with Gasteiger partial charge in [-0.2, -0.15) is 0 Å². The molecule has 0 bridgehead atoms. The molecular formula is C11H16N2OS. The first kappa shape index (κ1) is 10.6. The van der Waals surface area contributed by atoms with Crippen LogP contribution in [0.4, 0.5) is 0 Å². The molecule has 1 aromatic rings. The number of hydrogen-bond acceptors (Lipinski definition) is 3. The number of hydrogen-bond donors (Lipinski definition) is 2. The zero-order valence-corrected chi connectivity index (χ0v) is 9.48. The van der Waals surface area contributed by atoms with Crippen molar-refractivity contribution in [3.8, 4) is 0 Å². The van der Waals surface area contributed by atoms with Gasteiger partial charge < -0.3 is 10.6 Å². The molecule has 3 nitrogen and oxygen atoms in total. The lowest BCUT2D eigenvalue weighted by atomic mass is 10.1. The highest BCUT2D eigenvalue weighted by Gasteiger charge is 2.14. The van der Waals surface area contributed by atoms with Crippen molar-refractivity contribution in [2.75, 3.05) is 13.1 Å². The second-order valence-electron chi connectivity index (χ2n) is 3.83. The van der Waals surface area contributed by atoms with Gasteiger partial charge in [0.1, 0.15) is 0 Å². The molecule has 0 spiro atoms. The maximum absolute atomic E-state index is 11.6. The molecule has 1 aliphatic rings. The number of carbonyl (C=O) groups excluding carboxylic acids is 1. The largest absolute Gasteiger partial charge is 0.350 e. The molecule has 0 aliphatic carbocycles. The van der Waals surface area contributed by atoms with Gasteiger partial charge >= 0.3 is 0 Å².